The van der Waals surface area contributed by atoms with Gasteiger partial charge >= 0.3 is 0 Å². The van der Waals surface area contributed by atoms with Gasteiger partial charge in [-0.1, -0.05) is 46.3 Å². The fourth-order valence-corrected chi connectivity index (χ4v) is 3.42. The van der Waals surface area contributed by atoms with Crippen molar-refractivity contribution in [3.8, 4) is 0 Å². The number of benzene rings is 2. The van der Waals surface area contributed by atoms with Crippen molar-refractivity contribution in [3.05, 3.63) is 64.6 Å². The van der Waals surface area contributed by atoms with Gasteiger partial charge in [-0.2, -0.15) is 0 Å². The summed E-state index contributed by atoms with van der Waals surface area (Å²) in [7, 11) is -3.67. The van der Waals surface area contributed by atoms with E-state index in [0.717, 1.165) is 10.0 Å². The number of nitrogens with one attached hydrogen (secondary N) is 3. The largest absolute Gasteiger partial charge is 0.350 e. The molecule has 2 aromatic carbocycles. The molecule has 0 fully saturated rings. The standard InChI is InChI=1S/C18H20BrN3O4S/c19-15-6-8-16(9-7-15)27(25,26)22-11-10-17(23)21-13-18(24)20-12-14-4-2-1-3-5-14/h1-9,22H,10-13H2,(H,20,24)(H,21,23). The fraction of sp³-hybridized carbons (Fsp3) is 0.222. The van der Waals surface area contributed by atoms with Gasteiger partial charge in [-0.25, -0.2) is 13.1 Å². The molecule has 0 aliphatic carbocycles. The van der Waals surface area contributed by atoms with Crippen molar-refractivity contribution in [2.24, 2.45) is 0 Å². The fourth-order valence-electron chi connectivity index (χ4n) is 2.12. The van der Waals surface area contributed by atoms with Gasteiger partial charge in [-0.3, -0.25) is 9.59 Å². The topological polar surface area (TPSA) is 104 Å². The maximum atomic E-state index is 12.1. The second-order valence-electron chi connectivity index (χ2n) is 5.64. The monoisotopic (exact) mass is 453 g/mol. The van der Waals surface area contributed by atoms with Gasteiger partial charge in [0.05, 0.1) is 11.4 Å². The van der Waals surface area contributed by atoms with Crippen LogP contribution in [0.2, 0.25) is 0 Å². The summed E-state index contributed by atoms with van der Waals surface area (Å²) in [5, 5.41) is 5.15. The Labute approximate surface area is 166 Å². The van der Waals surface area contributed by atoms with E-state index in [4.69, 9.17) is 0 Å². The molecule has 27 heavy (non-hydrogen) atoms. The van der Waals surface area contributed by atoms with Crippen LogP contribution < -0.4 is 15.4 Å². The van der Waals surface area contributed by atoms with E-state index in [1.54, 1.807) is 12.1 Å². The van der Waals surface area contributed by atoms with E-state index in [1.165, 1.54) is 12.1 Å². The second kappa shape index (κ2) is 10.2. The number of hydrogen-bond acceptors (Lipinski definition) is 4. The van der Waals surface area contributed by atoms with Crippen LogP contribution in [0.1, 0.15) is 12.0 Å². The predicted molar refractivity (Wildman–Crippen MR) is 105 cm³/mol. The molecule has 0 radical (unpaired) electrons. The zero-order valence-electron chi connectivity index (χ0n) is 14.4. The molecule has 0 aliphatic heterocycles. The number of carbonyl (C=O) groups excluding carboxylic acids is 2. The van der Waals surface area contributed by atoms with Gasteiger partial charge in [-0.15, -0.1) is 0 Å². The highest BCUT2D eigenvalue weighted by Crippen LogP contribution is 2.14. The third kappa shape index (κ3) is 7.49. The summed E-state index contributed by atoms with van der Waals surface area (Å²) in [6, 6.07) is 15.6. The van der Waals surface area contributed by atoms with Crippen LogP contribution in [0.3, 0.4) is 0 Å². The van der Waals surface area contributed by atoms with E-state index in [2.05, 4.69) is 31.3 Å². The molecule has 0 atom stereocenters. The van der Waals surface area contributed by atoms with Gasteiger partial charge in [0, 0.05) is 24.0 Å². The summed E-state index contributed by atoms with van der Waals surface area (Å²) in [4.78, 5) is 23.6. The third-order valence-electron chi connectivity index (χ3n) is 3.55. The first-order chi connectivity index (χ1) is 12.9. The highest BCUT2D eigenvalue weighted by Gasteiger charge is 2.14. The van der Waals surface area contributed by atoms with Crippen molar-refractivity contribution in [3.63, 3.8) is 0 Å². The van der Waals surface area contributed by atoms with Crippen molar-refractivity contribution in [2.75, 3.05) is 13.1 Å². The summed E-state index contributed by atoms with van der Waals surface area (Å²) in [5.41, 5.74) is 0.958. The Balaban J connectivity index is 1.67. The summed E-state index contributed by atoms with van der Waals surface area (Å²) >= 11 is 3.24. The summed E-state index contributed by atoms with van der Waals surface area (Å²) < 4.78 is 27.3. The number of rotatable bonds is 9. The number of halogens is 1. The Morgan fingerprint density at radius 3 is 2.22 bits per heavy atom. The van der Waals surface area contributed by atoms with Crippen molar-refractivity contribution in [1.82, 2.24) is 15.4 Å². The lowest BCUT2D eigenvalue weighted by Gasteiger charge is -2.08. The lowest BCUT2D eigenvalue weighted by Crippen LogP contribution is -2.38. The molecule has 0 unspecified atom stereocenters. The lowest BCUT2D eigenvalue weighted by molar-refractivity contribution is -0.126. The SMILES string of the molecule is O=C(CCNS(=O)(=O)c1ccc(Br)cc1)NCC(=O)NCc1ccccc1. The normalized spacial score (nSPS) is 11.0. The molecular formula is C18H20BrN3O4S. The van der Waals surface area contributed by atoms with Crippen molar-refractivity contribution in [1.29, 1.82) is 0 Å². The second-order valence-corrected chi connectivity index (χ2v) is 8.32. The maximum absolute atomic E-state index is 12.1. The first kappa shape index (κ1) is 21.1. The minimum Gasteiger partial charge on any atom is -0.350 e. The molecular weight excluding hydrogens is 434 g/mol. The van der Waals surface area contributed by atoms with Gasteiger partial charge < -0.3 is 10.6 Å². The van der Waals surface area contributed by atoms with Gasteiger partial charge in [0.25, 0.3) is 0 Å². The van der Waals surface area contributed by atoms with E-state index in [9.17, 15) is 18.0 Å². The maximum Gasteiger partial charge on any atom is 0.240 e. The quantitative estimate of drug-likeness (QED) is 0.535. The smallest absolute Gasteiger partial charge is 0.240 e. The Hall–Kier alpha value is -2.23. The Morgan fingerprint density at radius 1 is 0.889 bits per heavy atom. The van der Waals surface area contributed by atoms with Crippen LogP contribution in [0.4, 0.5) is 0 Å². The van der Waals surface area contributed by atoms with Crippen LogP contribution in [0.5, 0.6) is 0 Å². The molecule has 144 valence electrons. The molecule has 0 aromatic heterocycles. The minimum atomic E-state index is -3.67. The van der Waals surface area contributed by atoms with Gasteiger partial charge in [0.2, 0.25) is 21.8 Å². The third-order valence-corrected chi connectivity index (χ3v) is 5.55. The van der Waals surface area contributed by atoms with E-state index in [-0.39, 0.29) is 30.3 Å². The number of hydrogen-bond donors (Lipinski definition) is 3. The van der Waals surface area contributed by atoms with E-state index < -0.39 is 15.9 Å². The summed E-state index contributed by atoms with van der Waals surface area (Å²) in [5.74, 6) is -0.731. The Kier molecular flexibility index (Phi) is 7.96. The molecule has 0 aliphatic rings. The van der Waals surface area contributed by atoms with Crippen LogP contribution in [-0.4, -0.2) is 33.3 Å². The van der Waals surface area contributed by atoms with E-state index in [0.29, 0.717) is 6.54 Å². The van der Waals surface area contributed by atoms with E-state index >= 15 is 0 Å². The van der Waals surface area contributed by atoms with Crippen molar-refractivity contribution < 1.29 is 18.0 Å². The predicted octanol–water partition coefficient (Wildman–Crippen LogP) is 1.55. The molecule has 0 saturated carbocycles. The Morgan fingerprint density at radius 2 is 1.56 bits per heavy atom. The first-order valence-corrected chi connectivity index (χ1v) is 10.5. The molecule has 2 rings (SSSR count). The molecule has 9 heteroatoms. The number of amides is 2. The van der Waals surface area contributed by atoms with Crippen molar-refractivity contribution in [2.45, 2.75) is 17.9 Å². The molecule has 0 heterocycles. The van der Waals surface area contributed by atoms with Crippen LogP contribution in [-0.2, 0) is 26.2 Å². The highest BCUT2D eigenvalue weighted by molar-refractivity contribution is 9.10. The lowest BCUT2D eigenvalue weighted by atomic mass is 10.2. The molecule has 0 bridgehead atoms. The number of carbonyl (C=O) groups is 2. The molecule has 0 saturated heterocycles. The zero-order valence-corrected chi connectivity index (χ0v) is 16.8. The van der Waals surface area contributed by atoms with Crippen LogP contribution >= 0.6 is 15.9 Å². The van der Waals surface area contributed by atoms with Gasteiger partial charge in [-0.05, 0) is 29.8 Å². The average Bonchev–Trinajstić information content (AvgIpc) is 2.66. The molecule has 2 amide bonds. The molecule has 7 nitrogen and oxygen atoms in total. The molecule has 2 aromatic rings. The van der Waals surface area contributed by atoms with Crippen LogP contribution in [0, 0.1) is 0 Å². The average molecular weight is 454 g/mol. The molecule has 0 spiro atoms. The Bertz CT molecular complexity index is 871. The summed E-state index contributed by atoms with van der Waals surface area (Å²) in [6.07, 6.45) is -0.0677. The minimum absolute atomic E-state index is 0.0597. The number of sulfonamides is 1. The highest BCUT2D eigenvalue weighted by atomic mass is 79.9. The molecule has 3 N–H and O–H groups in total. The van der Waals surface area contributed by atoms with Crippen LogP contribution in [0.25, 0.3) is 0 Å². The zero-order chi connectivity index (χ0) is 19.7. The van der Waals surface area contributed by atoms with Crippen molar-refractivity contribution >= 4 is 37.8 Å². The van der Waals surface area contributed by atoms with E-state index in [1.807, 2.05) is 30.3 Å². The van der Waals surface area contributed by atoms with Gasteiger partial charge in [0.1, 0.15) is 0 Å². The van der Waals surface area contributed by atoms with Crippen LogP contribution in [0.15, 0.2) is 64.0 Å². The van der Waals surface area contributed by atoms with Gasteiger partial charge in [0.15, 0.2) is 0 Å². The summed E-state index contributed by atoms with van der Waals surface area (Å²) in [6.45, 7) is 0.156. The first-order valence-electron chi connectivity index (χ1n) is 8.19.